The van der Waals surface area contributed by atoms with Gasteiger partial charge in [-0.25, -0.2) is 4.98 Å². The van der Waals surface area contributed by atoms with E-state index in [0.29, 0.717) is 10.7 Å². The number of hydrogen-bond acceptors (Lipinski definition) is 3. The third-order valence-electron chi connectivity index (χ3n) is 1.59. The van der Waals surface area contributed by atoms with Gasteiger partial charge in [0.05, 0.1) is 0 Å². The Kier molecular flexibility index (Phi) is 8.66. The molecule has 0 bridgehead atoms. The van der Waals surface area contributed by atoms with Gasteiger partial charge < -0.3 is 10.8 Å². The number of halogens is 3. The van der Waals surface area contributed by atoms with Gasteiger partial charge in [-0.15, -0.1) is 24.8 Å². The Hall–Kier alpha value is -0.550. The Morgan fingerprint density at radius 1 is 1.60 bits per heavy atom. The van der Waals surface area contributed by atoms with Gasteiger partial charge >= 0.3 is 5.97 Å². The van der Waals surface area contributed by atoms with Crippen molar-refractivity contribution in [2.24, 2.45) is 5.73 Å². The molecule has 0 aliphatic carbocycles. The Morgan fingerprint density at radius 3 is 2.67 bits per heavy atom. The Bertz CT molecular complexity index is 323. The highest BCUT2D eigenvalue weighted by Crippen LogP contribution is 2.12. The van der Waals surface area contributed by atoms with Crippen molar-refractivity contribution >= 4 is 42.4 Å². The maximum Gasteiger partial charge on any atom is 0.320 e. The van der Waals surface area contributed by atoms with Crippen molar-refractivity contribution in [1.82, 2.24) is 4.98 Å². The molecule has 7 heteroatoms. The number of nitrogens with zero attached hydrogens (tertiary/aromatic N) is 1. The maximum atomic E-state index is 10.4. The number of rotatable bonds is 3. The fourth-order valence-electron chi connectivity index (χ4n) is 0.896. The topological polar surface area (TPSA) is 76.2 Å². The molecule has 1 atom stereocenters. The lowest BCUT2D eigenvalue weighted by Gasteiger charge is -2.06. The van der Waals surface area contributed by atoms with E-state index < -0.39 is 12.0 Å². The van der Waals surface area contributed by atoms with Gasteiger partial charge in [-0.2, -0.15) is 0 Å². The summed E-state index contributed by atoms with van der Waals surface area (Å²) < 4.78 is 0. The zero-order valence-corrected chi connectivity index (χ0v) is 9.98. The summed E-state index contributed by atoms with van der Waals surface area (Å²) in [5.41, 5.74) is 5.98. The van der Waals surface area contributed by atoms with Gasteiger partial charge in [0.2, 0.25) is 0 Å². The second kappa shape index (κ2) is 7.70. The van der Waals surface area contributed by atoms with Gasteiger partial charge in [0.15, 0.2) is 0 Å². The molecule has 86 valence electrons. The van der Waals surface area contributed by atoms with Crippen LogP contribution in [0.1, 0.15) is 5.56 Å². The fraction of sp³-hybridized carbons (Fsp3) is 0.250. The molecule has 0 fully saturated rings. The van der Waals surface area contributed by atoms with Crippen molar-refractivity contribution in [2.45, 2.75) is 12.5 Å². The number of carbonyl (C=O) groups is 1. The lowest BCUT2D eigenvalue weighted by molar-refractivity contribution is -0.138. The average Bonchev–Trinajstić information content (AvgIpc) is 2.08. The number of aromatic nitrogens is 1. The summed E-state index contributed by atoms with van der Waals surface area (Å²) >= 11 is 5.71. The molecular formula is C8H11Cl3N2O2. The van der Waals surface area contributed by atoms with E-state index in [1.165, 1.54) is 6.20 Å². The van der Waals surface area contributed by atoms with E-state index in [9.17, 15) is 4.79 Å². The van der Waals surface area contributed by atoms with Crippen LogP contribution in [0.15, 0.2) is 18.3 Å². The number of pyridine rings is 1. The number of hydrogen-bond donors (Lipinski definition) is 2. The molecule has 1 aromatic rings. The van der Waals surface area contributed by atoms with Crippen molar-refractivity contribution < 1.29 is 9.90 Å². The molecular weight excluding hydrogens is 262 g/mol. The standard InChI is InChI=1S/C8H9ClN2O2.2ClH/c9-7-5(2-1-3-11-7)4-6(10)8(12)13;;/h1-3,6H,4,10H2,(H,12,13);2*1H/t6-;;/m0../s1. The average molecular weight is 274 g/mol. The second-order valence-electron chi connectivity index (χ2n) is 2.60. The van der Waals surface area contributed by atoms with E-state index in [0.717, 1.165) is 0 Å². The van der Waals surface area contributed by atoms with Crippen molar-refractivity contribution in [3.05, 3.63) is 29.0 Å². The lowest BCUT2D eigenvalue weighted by atomic mass is 10.1. The summed E-state index contributed by atoms with van der Waals surface area (Å²) in [7, 11) is 0. The van der Waals surface area contributed by atoms with E-state index in [4.69, 9.17) is 22.4 Å². The highest BCUT2D eigenvalue weighted by Gasteiger charge is 2.13. The second-order valence-corrected chi connectivity index (χ2v) is 2.96. The fourth-order valence-corrected chi connectivity index (χ4v) is 1.09. The van der Waals surface area contributed by atoms with Gasteiger partial charge in [0.1, 0.15) is 11.2 Å². The molecule has 0 spiro atoms. The smallest absolute Gasteiger partial charge is 0.320 e. The lowest BCUT2D eigenvalue weighted by Crippen LogP contribution is -2.32. The van der Waals surface area contributed by atoms with Crippen LogP contribution < -0.4 is 5.73 Å². The molecule has 0 aromatic carbocycles. The number of carboxylic acid groups (broad SMARTS) is 1. The first-order valence-electron chi connectivity index (χ1n) is 3.69. The molecule has 0 saturated heterocycles. The molecule has 0 radical (unpaired) electrons. The number of carboxylic acids is 1. The summed E-state index contributed by atoms with van der Waals surface area (Å²) in [5.74, 6) is -1.04. The van der Waals surface area contributed by atoms with Gasteiger partial charge in [-0.05, 0) is 11.6 Å². The first kappa shape index (κ1) is 16.9. The van der Waals surface area contributed by atoms with Gasteiger partial charge in [-0.3, -0.25) is 4.79 Å². The SMILES string of the molecule is Cl.Cl.N[C@@H](Cc1cccnc1Cl)C(=O)O. The molecule has 0 aliphatic rings. The summed E-state index contributed by atoms with van der Waals surface area (Å²) in [6.45, 7) is 0. The van der Waals surface area contributed by atoms with E-state index in [1.54, 1.807) is 12.1 Å². The Balaban J connectivity index is 0. The third-order valence-corrected chi connectivity index (χ3v) is 1.93. The van der Waals surface area contributed by atoms with Gasteiger partial charge in [0, 0.05) is 12.6 Å². The largest absolute Gasteiger partial charge is 0.480 e. The van der Waals surface area contributed by atoms with Crippen LogP contribution in [0, 0.1) is 0 Å². The van der Waals surface area contributed by atoms with Gasteiger partial charge in [0.25, 0.3) is 0 Å². The molecule has 0 unspecified atom stereocenters. The van der Waals surface area contributed by atoms with Crippen LogP contribution in [0.25, 0.3) is 0 Å². The normalized spacial score (nSPS) is 10.8. The predicted octanol–water partition coefficient (Wildman–Crippen LogP) is 1.53. The van der Waals surface area contributed by atoms with Crippen LogP contribution in [0.3, 0.4) is 0 Å². The monoisotopic (exact) mass is 272 g/mol. The van der Waals surface area contributed by atoms with Crippen LogP contribution in [-0.2, 0) is 11.2 Å². The van der Waals surface area contributed by atoms with Gasteiger partial charge in [-0.1, -0.05) is 17.7 Å². The molecule has 0 amide bonds. The van der Waals surface area contributed by atoms with E-state index in [2.05, 4.69) is 4.98 Å². The number of nitrogens with two attached hydrogens (primary N) is 1. The van der Waals surface area contributed by atoms with Crippen molar-refractivity contribution in [1.29, 1.82) is 0 Å². The quantitative estimate of drug-likeness (QED) is 0.819. The van der Waals surface area contributed by atoms with Crippen LogP contribution >= 0.6 is 36.4 Å². The maximum absolute atomic E-state index is 10.4. The summed E-state index contributed by atoms with van der Waals surface area (Å²) in [6.07, 6.45) is 1.74. The minimum atomic E-state index is -1.04. The van der Waals surface area contributed by atoms with Crippen molar-refractivity contribution in [3.63, 3.8) is 0 Å². The number of aliphatic carboxylic acids is 1. The molecule has 4 nitrogen and oxygen atoms in total. The predicted molar refractivity (Wildman–Crippen MR) is 63.1 cm³/mol. The first-order valence-corrected chi connectivity index (χ1v) is 4.07. The van der Waals surface area contributed by atoms with Crippen LogP contribution in [-0.4, -0.2) is 22.1 Å². The molecule has 1 aromatic heterocycles. The minimum Gasteiger partial charge on any atom is -0.480 e. The van der Waals surface area contributed by atoms with Crippen LogP contribution in [0.5, 0.6) is 0 Å². The van der Waals surface area contributed by atoms with Crippen LogP contribution in [0.4, 0.5) is 0 Å². The summed E-state index contributed by atoms with van der Waals surface area (Å²) in [6, 6.07) is 2.47. The molecule has 1 heterocycles. The van der Waals surface area contributed by atoms with E-state index in [1.807, 2.05) is 0 Å². The molecule has 3 N–H and O–H groups in total. The Morgan fingerprint density at radius 2 is 2.20 bits per heavy atom. The molecule has 15 heavy (non-hydrogen) atoms. The summed E-state index contributed by atoms with van der Waals surface area (Å²) in [5, 5.41) is 8.85. The van der Waals surface area contributed by atoms with Crippen molar-refractivity contribution in [3.8, 4) is 0 Å². The molecule has 0 saturated carbocycles. The third kappa shape index (κ3) is 5.18. The summed E-state index contributed by atoms with van der Waals surface area (Å²) in [4.78, 5) is 14.2. The molecule has 1 rings (SSSR count). The Labute approximate surface area is 105 Å². The van der Waals surface area contributed by atoms with E-state index >= 15 is 0 Å². The minimum absolute atomic E-state index is 0. The zero-order valence-electron chi connectivity index (χ0n) is 7.59. The first-order chi connectivity index (χ1) is 6.11. The van der Waals surface area contributed by atoms with E-state index in [-0.39, 0.29) is 31.2 Å². The highest BCUT2D eigenvalue weighted by atomic mass is 35.5. The highest BCUT2D eigenvalue weighted by molar-refractivity contribution is 6.30. The van der Waals surface area contributed by atoms with Crippen molar-refractivity contribution in [2.75, 3.05) is 0 Å². The zero-order chi connectivity index (χ0) is 9.84. The van der Waals surface area contributed by atoms with Crippen LogP contribution in [0.2, 0.25) is 5.15 Å². The molecule has 0 aliphatic heterocycles.